The van der Waals surface area contributed by atoms with Crippen LogP contribution < -0.4 is 5.32 Å². The predicted molar refractivity (Wildman–Crippen MR) is 80.0 cm³/mol. The van der Waals surface area contributed by atoms with Crippen molar-refractivity contribution in [1.29, 1.82) is 0 Å². The molecule has 0 aromatic rings. The van der Waals surface area contributed by atoms with Crippen molar-refractivity contribution in [3.05, 3.63) is 0 Å². The van der Waals surface area contributed by atoms with Crippen molar-refractivity contribution < 1.29 is 14.7 Å². The molecule has 5 nitrogen and oxygen atoms in total. The van der Waals surface area contributed by atoms with Crippen LogP contribution in [0.5, 0.6) is 0 Å². The van der Waals surface area contributed by atoms with Gasteiger partial charge in [-0.25, -0.2) is 4.79 Å². The highest BCUT2D eigenvalue weighted by Gasteiger charge is 2.37. The van der Waals surface area contributed by atoms with Gasteiger partial charge in [0.2, 0.25) is 0 Å². The topological polar surface area (TPSA) is 69.6 Å². The van der Waals surface area contributed by atoms with Gasteiger partial charge in [0.05, 0.1) is 5.92 Å². The van der Waals surface area contributed by atoms with Crippen molar-refractivity contribution >= 4 is 23.8 Å². The van der Waals surface area contributed by atoms with Crippen molar-refractivity contribution in [1.82, 2.24) is 10.2 Å². The van der Waals surface area contributed by atoms with E-state index in [-0.39, 0.29) is 18.0 Å². The van der Waals surface area contributed by atoms with E-state index in [9.17, 15) is 9.59 Å². The maximum absolute atomic E-state index is 12.2. The van der Waals surface area contributed by atoms with E-state index in [0.717, 1.165) is 25.0 Å². The van der Waals surface area contributed by atoms with Crippen molar-refractivity contribution in [2.75, 3.05) is 18.8 Å². The van der Waals surface area contributed by atoms with Crippen LogP contribution in [0.15, 0.2) is 0 Å². The number of aliphatic carboxylic acids is 1. The largest absolute Gasteiger partial charge is 0.481 e. The molecule has 4 unspecified atom stereocenters. The second-order valence-electron chi connectivity index (χ2n) is 5.86. The minimum absolute atomic E-state index is 0.0326. The normalized spacial score (nSPS) is 33.4. The van der Waals surface area contributed by atoms with E-state index in [2.05, 4.69) is 12.2 Å². The van der Waals surface area contributed by atoms with E-state index in [1.165, 1.54) is 0 Å². The van der Waals surface area contributed by atoms with Crippen molar-refractivity contribution in [3.8, 4) is 0 Å². The molecule has 4 atom stereocenters. The molecule has 20 heavy (non-hydrogen) atoms. The molecule has 1 aliphatic heterocycles. The first-order valence-corrected chi connectivity index (χ1v) is 8.46. The van der Waals surface area contributed by atoms with E-state index < -0.39 is 11.9 Å². The molecule has 0 aromatic carbocycles. The van der Waals surface area contributed by atoms with Crippen LogP contribution in [0.1, 0.15) is 33.1 Å². The van der Waals surface area contributed by atoms with Gasteiger partial charge in [-0.1, -0.05) is 13.8 Å². The zero-order chi connectivity index (χ0) is 14.7. The van der Waals surface area contributed by atoms with Crippen molar-refractivity contribution in [2.24, 2.45) is 11.8 Å². The molecule has 2 rings (SSSR count). The van der Waals surface area contributed by atoms with E-state index in [0.29, 0.717) is 18.3 Å². The number of carbonyl (C=O) groups is 2. The monoisotopic (exact) mass is 300 g/mol. The van der Waals surface area contributed by atoms with Gasteiger partial charge < -0.3 is 15.3 Å². The molecule has 1 heterocycles. The second kappa shape index (κ2) is 6.70. The lowest BCUT2D eigenvalue weighted by Crippen LogP contribution is -2.43. The van der Waals surface area contributed by atoms with Gasteiger partial charge in [-0.2, -0.15) is 11.8 Å². The molecule has 1 aliphatic carbocycles. The molecule has 1 saturated carbocycles. The van der Waals surface area contributed by atoms with Gasteiger partial charge in [-0.15, -0.1) is 0 Å². The highest BCUT2D eigenvalue weighted by atomic mass is 32.2. The predicted octanol–water partition coefficient (Wildman–Crippen LogP) is 2.02. The van der Waals surface area contributed by atoms with Crippen LogP contribution in [-0.2, 0) is 4.79 Å². The Hall–Kier alpha value is -0.910. The summed E-state index contributed by atoms with van der Waals surface area (Å²) in [4.78, 5) is 24.9. The molecule has 2 N–H and O–H groups in total. The lowest BCUT2D eigenvalue weighted by molar-refractivity contribution is -0.142. The number of carboxylic acids is 1. The Balaban J connectivity index is 1.80. The molecule has 2 aliphatic rings. The van der Waals surface area contributed by atoms with Gasteiger partial charge in [0, 0.05) is 24.4 Å². The number of carbonyl (C=O) groups excluding carboxylic acids is 1. The molecule has 1 saturated heterocycles. The van der Waals surface area contributed by atoms with E-state index >= 15 is 0 Å². The summed E-state index contributed by atoms with van der Waals surface area (Å²) >= 11 is 1.96. The smallest absolute Gasteiger partial charge is 0.317 e. The lowest BCUT2D eigenvalue weighted by Gasteiger charge is -2.20. The summed E-state index contributed by atoms with van der Waals surface area (Å²) in [6, 6.07) is 0.165. The number of urea groups is 1. The number of rotatable bonds is 4. The van der Waals surface area contributed by atoms with Crippen LogP contribution in [0.2, 0.25) is 0 Å². The molecular weight excluding hydrogens is 276 g/mol. The fourth-order valence-corrected chi connectivity index (χ4v) is 4.32. The highest BCUT2D eigenvalue weighted by Crippen LogP contribution is 2.30. The fraction of sp³-hybridized carbons (Fsp3) is 0.857. The summed E-state index contributed by atoms with van der Waals surface area (Å²) in [6.45, 7) is 4.94. The molecule has 6 heteroatoms. The fourth-order valence-electron chi connectivity index (χ4n) is 3.18. The number of nitrogens with one attached hydrogen (secondary N) is 1. The van der Waals surface area contributed by atoms with Crippen molar-refractivity contribution in [3.63, 3.8) is 0 Å². The summed E-state index contributed by atoms with van der Waals surface area (Å²) in [5, 5.41) is 12.8. The first-order valence-electron chi connectivity index (χ1n) is 7.41. The molecule has 2 amide bonds. The standard InChI is InChI=1S/C14H24N2O3S/c1-3-20-11-5-4-10(6-11)15-14(19)16-7-9(2)12(8-16)13(17)18/h9-12H,3-8H2,1-2H3,(H,15,19)(H,17,18). The number of hydrogen-bond acceptors (Lipinski definition) is 3. The van der Waals surface area contributed by atoms with E-state index in [1.807, 2.05) is 18.7 Å². The SMILES string of the molecule is CCSC1CCC(NC(=O)N2CC(C)C(C(=O)O)C2)C1. The van der Waals surface area contributed by atoms with Gasteiger partial charge in [0.15, 0.2) is 0 Å². The van der Waals surface area contributed by atoms with E-state index in [4.69, 9.17) is 5.11 Å². The third-order valence-electron chi connectivity index (χ3n) is 4.33. The quantitative estimate of drug-likeness (QED) is 0.833. The first kappa shape index (κ1) is 15.5. The average Bonchev–Trinajstić information content (AvgIpc) is 2.96. The van der Waals surface area contributed by atoms with Gasteiger partial charge >= 0.3 is 12.0 Å². The Bertz CT molecular complexity index is 377. The van der Waals surface area contributed by atoms with Crippen molar-refractivity contribution in [2.45, 2.75) is 44.4 Å². The molecular formula is C14H24N2O3S. The minimum Gasteiger partial charge on any atom is -0.481 e. The summed E-state index contributed by atoms with van der Waals surface area (Å²) in [7, 11) is 0. The van der Waals surface area contributed by atoms with Crippen LogP contribution in [0.4, 0.5) is 4.79 Å². The number of carboxylic acid groups (broad SMARTS) is 1. The zero-order valence-electron chi connectivity index (χ0n) is 12.2. The Morgan fingerprint density at radius 2 is 2.10 bits per heavy atom. The van der Waals surface area contributed by atoms with Crippen LogP contribution in [0.25, 0.3) is 0 Å². The maximum atomic E-state index is 12.2. The number of amides is 2. The van der Waals surface area contributed by atoms with Crippen LogP contribution >= 0.6 is 11.8 Å². The minimum atomic E-state index is -0.798. The molecule has 0 radical (unpaired) electrons. The summed E-state index contributed by atoms with van der Waals surface area (Å²) in [6.07, 6.45) is 3.24. The number of hydrogen-bond donors (Lipinski definition) is 2. The zero-order valence-corrected chi connectivity index (χ0v) is 13.0. The lowest BCUT2D eigenvalue weighted by atomic mass is 9.99. The number of likely N-dealkylation sites (tertiary alicyclic amines) is 1. The maximum Gasteiger partial charge on any atom is 0.317 e. The Labute approximate surface area is 124 Å². The Morgan fingerprint density at radius 1 is 1.35 bits per heavy atom. The third-order valence-corrected chi connectivity index (χ3v) is 5.56. The molecule has 0 bridgehead atoms. The highest BCUT2D eigenvalue weighted by molar-refractivity contribution is 7.99. The summed E-state index contributed by atoms with van der Waals surface area (Å²) in [5.74, 6) is -0.0686. The Morgan fingerprint density at radius 3 is 2.70 bits per heavy atom. The van der Waals surface area contributed by atoms with E-state index in [1.54, 1.807) is 4.90 Å². The van der Waals surface area contributed by atoms with Gasteiger partial charge in [-0.05, 0) is 30.9 Å². The Kier molecular flexibility index (Phi) is 5.18. The second-order valence-corrected chi connectivity index (χ2v) is 7.44. The molecule has 2 fully saturated rings. The van der Waals surface area contributed by atoms with Gasteiger partial charge in [-0.3, -0.25) is 4.79 Å². The van der Waals surface area contributed by atoms with Gasteiger partial charge in [0.25, 0.3) is 0 Å². The van der Waals surface area contributed by atoms with Crippen LogP contribution in [0.3, 0.4) is 0 Å². The van der Waals surface area contributed by atoms with Crippen LogP contribution in [0, 0.1) is 11.8 Å². The average molecular weight is 300 g/mol. The number of thioether (sulfide) groups is 1. The third kappa shape index (κ3) is 3.59. The molecule has 114 valence electrons. The summed E-state index contributed by atoms with van der Waals surface area (Å²) < 4.78 is 0. The number of nitrogens with zero attached hydrogens (tertiary/aromatic N) is 1. The molecule has 0 spiro atoms. The summed E-state index contributed by atoms with van der Waals surface area (Å²) in [5.41, 5.74) is 0. The van der Waals surface area contributed by atoms with Gasteiger partial charge in [0.1, 0.15) is 0 Å². The molecule has 0 aromatic heterocycles. The first-order chi connectivity index (χ1) is 9.51. The van der Waals surface area contributed by atoms with Crippen LogP contribution in [-0.4, -0.2) is 52.1 Å².